The molecule has 29 heavy (non-hydrogen) atoms. The van der Waals surface area contributed by atoms with Crippen LogP contribution < -0.4 is 4.90 Å². The topological polar surface area (TPSA) is 83.8 Å². The van der Waals surface area contributed by atoms with Crippen molar-refractivity contribution in [1.82, 2.24) is 24.6 Å². The maximum Gasteiger partial charge on any atom is 0.409 e. The Balaban J connectivity index is 1.32. The van der Waals surface area contributed by atoms with Crippen LogP contribution in [0.5, 0.6) is 0 Å². The number of hydrogen-bond donors (Lipinski definition) is 0. The van der Waals surface area contributed by atoms with E-state index in [9.17, 15) is 9.59 Å². The van der Waals surface area contributed by atoms with Crippen molar-refractivity contribution >= 4 is 29.7 Å². The van der Waals surface area contributed by atoms with Crippen LogP contribution >= 0.6 is 11.8 Å². The van der Waals surface area contributed by atoms with Crippen molar-refractivity contribution in [3.63, 3.8) is 0 Å². The SMILES string of the molecule is CCOC(=O)N1CCN(C(=O)CSc2nnc(N3CCCCC3)n2C2CC2)CC1. The Bertz CT molecular complexity index is 724. The van der Waals surface area contributed by atoms with Gasteiger partial charge in [0.25, 0.3) is 0 Å². The highest BCUT2D eigenvalue weighted by Crippen LogP contribution is 2.41. The van der Waals surface area contributed by atoms with E-state index in [1.807, 2.05) is 4.90 Å². The first-order valence-corrected chi connectivity index (χ1v) is 11.7. The number of nitrogens with zero attached hydrogens (tertiary/aromatic N) is 6. The Morgan fingerprint density at radius 3 is 2.34 bits per heavy atom. The number of amides is 2. The van der Waals surface area contributed by atoms with Crippen molar-refractivity contribution in [2.75, 3.05) is 56.5 Å². The Kier molecular flexibility index (Phi) is 6.46. The van der Waals surface area contributed by atoms with Crippen LogP contribution in [0.3, 0.4) is 0 Å². The van der Waals surface area contributed by atoms with Crippen LogP contribution in [0.1, 0.15) is 45.1 Å². The minimum Gasteiger partial charge on any atom is -0.450 e. The van der Waals surface area contributed by atoms with E-state index in [1.54, 1.807) is 11.8 Å². The van der Waals surface area contributed by atoms with Crippen molar-refractivity contribution in [3.05, 3.63) is 0 Å². The van der Waals surface area contributed by atoms with Gasteiger partial charge in [0.1, 0.15) is 0 Å². The standard InChI is InChI=1S/C19H30N6O3S/c1-2-28-19(27)24-12-10-22(11-13-24)16(26)14-29-18-21-20-17(25(18)15-6-7-15)23-8-4-3-5-9-23/h15H,2-14H2,1H3. The first kappa shape index (κ1) is 20.3. The lowest BCUT2D eigenvalue weighted by atomic mass is 10.1. The number of carbonyl (C=O) groups excluding carboxylic acids is 2. The third-order valence-corrected chi connectivity index (χ3v) is 6.61. The van der Waals surface area contributed by atoms with Crippen LogP contribution in [0.15, 0.2) is 5.16 Å². The summed E-state index contributed by atoms with van der Waals surface area (Å²) in [6.45, 7) is 6.39. The molecule has 9 nitrogen and oxygen atoms in total. The molecule has 1 aromatic rings. The molecule has 1 aliphatic carbocycles. The predicted octanol–water partition coefficient (Wildman–Crippen LogP) is 2.00. The molecular formula is C19H30N6O3S. The van der Waals surface area contributed by atoms with Gasteiger partial charge in [-0.1, -0.05) is 11.8 Å². The summed E-state index contributed by atoms with van der Waals surface area (Å²) in [5.74, 6) is 1.41. The molecule has 0 N–H and O–H groups in total. The predicted molar refractivity (Wildman–Crippen MR) is 110 cm³/mol. The number of thioether (sulfide) groups is 1. The summed E-state index contributed by atoms with van der Waals surface area (Å²) in [6.07, 6.45) is 5.73. The highest BCUT2D eigenvalue weighted by Gasteiger charge is 2.32. The molecule has 0 unspecified atom stereocenters. The molecule has 2 aliphatic heterocycles. The number of carbonyl (C=O) groups is 2. The van der Waals surface area contributed by atoms with Crippen molar-refractivity contribution in [3.8, 4) is 0 Å². The van der Waals surface area contributed by atoms with E-state index in [-0.39, 0.29) is 12.0 Å². The van der Waals surface area contributed by atoms with Crippen LogP contribution in [0.2, 0.25) is 0 Å². The molecule has 0 bridgehead atoms. The highest BCUT2D eigenvalue weighted by atomic mass is 32.2. The highest BCUT2D eigenvalue weighted by molar-refractivity contribution is 7.99. The fourth-order valence-corrected chi connectivity index (χ4v) is 4.80. The van der Waals surface area contributed by atoms with Gasteiger partial charge in [-0.25, -0.2) is 4.79 Å². The summed E-state index contributed by atoms with van der Waals surface area (Å²) in [7, 11) is 0. The summed E-state index contributed by atoms with van der Waals surface area (Å²) in [5.41, 5.74) is 0. The van der Waals surface area contributed by atoms with E-state index in [2.05, 4.69) is 19.7 Å². The molecule has 3 fully saturated rings. The average molecular weight is 423 g/mol. The van der Waals surface area contributed by atoms with Gasteiger partial charge in [0.05, 0.1) is 12.4 Å². The largest absolute Gasteiger partial charge is 0.450 e. The van der Waals surface area contributed by atoms with Crippen LogP contribution in [0.4, 0.5) is 10.7 Å². The maximum absolute atomic E-state index is 12.7. The third-order valence-electron chi connectivity index (χ3n) is 5.68. The summed E-state index contributed by atoms with van der Waals surface area (Å²) in [5, 5.41) is 9.75. The Hall–Kier alpha value is -1.97. The third kappa shape index (κ3) is 4.79. The molecule has 1 saturated carbocycles. The van der Waals surface area contributed by atoms with Crippen molar-refractivity contribution in [1.29, 1.82) is 0 Å². The second-order valence-corrected chi connectivity index (χ2v) is 8.73. The molecule has 160 valence electrons. The smallest absolute Gasteiger partial charge is 0.409 e. The lowest BCUT2D eigenvalue weighted by Gasteiger charge is -2.34. The van der Waals surface area contributed by atoms with Gasteiger partial charge in [-0.2, -0.15) is 0 Å². The number of rotatable bonds is 6. The summed E-state index contributed by atoms with van der Waals surface area (Å²) < 4.78 is 7.29. The molecular weight excluding hydrogens is 392 g/mol. The van der Waals surface area contributed by atoms with E-state index >= 15 is 0 Å². The fourth-order valence-electron chi connectivity index (χ4n) is 3.90. The molecule has 3 aliphatic rings. The Labute approximate surface area is 175 Å². The van der Waals surface area contributed by atoms with E-state index in [0.29, 0.717) is 44.6 Å². The number of aromatic nitrogens is 3. The summed E-state index contributed by atoms with van der Waals surface area (Å²) in [6, 6.07) is 0.479. The minimum atomic E-state index is -0.295. The number of piperidine rings is 1. The summed E-state index contributed by atoms with van der Waals surface area (Å²) >= 11 is 1.48. The van der Waals surface area contributed by atoms with E-state index in [0.717, 1.165) is 37.0 Å². The lowest BCUT2D eigenvalue weighted by Crippen LogP contribution is -2.51. The van der Waals surface area contributed by atoms with Gasteiger partial charge in [-0.15, -0.1) is 10.2 Å². The van der Waals surface area contributed by atoms with Crippen molar-refractivity contribution in [2.45, 2.75) is 50.2 Å². The molecule has 0 atom stereocenters. The van der Waals surface area contributed by atoms with E-state index in [1.165, 1.54) is 31.0 Å². The lowest BCUT2D eigenvalue weighted by molar-refractivity contribution is -0.129. The van der Waals surface area contributed by atoms with E-state index in [4.69, 9.17) is 4.74 Å². The number of hydrogen-bond acceptors (Lipinski definition) is 7. The van der Waals surface area contributed by atoms with Crippen LogP contribution in [-0.2, 0) is 9.53 Å². The van der Waals surface area contributed by atoms with Gasteiger partial charge < -0.3 is 19.4 Å². The average Bonchev–Trinajstić information content (AvgIpc) is 3.51. The molecule has 2 amide bonds. The molecule has 10 heteroatoms. The molecule has 4 rings (SSSR count). The second kappa shape index (κ2) is 9.23. The van der Waals surface area contributed by atoms with Crippen LogP contribution in [-0.4, -0.2) is 88.2 Å². The van der Waals surface area contributed by atoms with Crippen LogP contribution in [0, 0.1) is 0 Å². The van der Waals surface area contributed by atoms with Gasteiger partial charge >= 0.3 is 6.09 Å². The number of anilines is 1. The van der Waals surface area contributed by atoms with Crippen LogP contribution in [0.25, 0.3) is 0 Å². The first-order chi connectivity index (χ1) is 14.2. The van der Waals surface area contributed by atoms with Gasteiger partial charge in [-0.3, -0.25) is 9.36 Å². The summed E-state index contributed by atoms with van der Waals surface area (Å²) in [4.78, 5) is 30.3. The zero-order chi connectivity index (χ0) is 20.2. The molecule has 0 spiro atoms. The molecule has 0 radical (unpaired) electrons. The molecule has 2 saturated heterocycles. The van der Waals surface area contributed by atoms with Gasteiger partial charge in [0.15, 0.2) is 5.16 Å². The minimum absolute atomic E-state index is 0.0865. The quantitative estimate of drug-likeness (QED) is 0.648. The van der Waals surface area contributed by atoms with Gasteiger partial charge in [-0.05, 0) is 39.0 Å². The molecule has 3 heterocycles. The monoisotopic (exact) mass is 422 g/mol. The normalized spacial score (nSPS) is 20.1. The fraction of sp³-hybridized carbons (Fsp3) is 0.789. The first-order valence-electron chi connectivity index (χ1n) is 10.7. The van der Waals surface area contributed by atoms with Crippen molar-refractivity contribution in [2.24, 2.45) is 0 Å². The van der Waals surface area contributed by atoms with Crippen molar-refractivity contribution < 1.29 is 14.3 Å². The Morgan fingerprint density at radius 2 is 1.69 bits per heavy atom. The van der Waals surface area contributed by atoms with Gasteiger partial charge in [0.2, 0.25) is 11.9 Å². The zero-order valence-electron chi connectivity index (χ0n) is 17.1. The number of piperazine rings is 1. The van der Waals surface area contributed by atoms with E-state index < -0.39 is 0 Å². The Morgan fingerprint density at radius 1 is 1.00 bits per heavy atom. The zero-order valence-corrected chi connectivity index (χ0v) is 17.9. The second-order valence-electron chi connectivity index (χ2n) is 7.79. The molecule has 0 aromatic carbocycles. The number of ether oxygens (including phenoxy) is 1. The van der Waals surface area contributed by atoms with Gasteiger partial charge in [0, 0.05) is 45.3 Å². The molecule has 1 aromatic heterocycles. The maximum atomic E-state index is 12.7.